The van der Waals surface area contributed by atoms with Crippen molar-refractivity contribution in [1.29, 1.82) is 0 Å². The van der Waals surface area contributed by atoms with E-state index in [9.17, 15) is 9.90 Å². The molecule has 0 atom stereocenters. The van der Waals surface area contributed by atoms with Crippen molar-refractivity contribution < 1.29 is 14.6 Å². The number of hydrogen-bond acceptors (Lipinski definition) is 4. The highest BCUT2D eigenvalue weighted by atomic mass is 35.5. The van der Waals surface area contributed by atoms with Gasteiger partial charge >= 0.3 is 5.97 Å². The van der Waals surface area contributed by atoms with Crippen LogP contribution in [0.3, 0.4) is 0 Å². The Labute approximate surface area is 124 Å². The summed E-state index contributed by atoms with van der Waals surface area (Å²) in [6.45, 7) is 0. The van der Waals surface area contributed by atoms with Gasteiger partial charge in [0.25, 0.3) is 0 Å². The van der Waals surface area contributed by atoms with Gasteiger partial charge in [0, 0.05) is 11.6 Å². The molecule has 0 radical (unpaired) electrons. The SMILES string of the molecule is O=C(O)c1ccc(Cl)nc1Oc1cccc2ncccc12. The van der Waals surface area contributed by atoms with E-state index < -0.39 is 5.97 Å². The smallest absolute Gasteiger partial charge is 0.341 e. The van der Waals surface area contributed by atoms with E-state index in [0.29, 0.717) is 5.75 Å². The Hall–Kier alpha value is -2.66. The molecule has 21 heavy (non-hydrogen) atoms. The van der Waals surface area contributed by atoms with Crippen molar-refractivity contribution in [3.05, 3.63) is 59.4 Å². The summed E-state index contributed by atoms with van der Waals surface area (Å²) in [4.78, 5) is 19.4. The standard InChI is InChI=1S/C15H9ClN2O3/c16-13-7-6-10(15(19)20)14(18-13)21-12-5-1-4-11-9(12)3-2-8-17-11/h1-8H,(H,19,20). The first-order valence-electron chi connectivity index (χ1n) is 6.06. The number of aromatic carboxylic acids is 1. The molecule has 0 amide bonds. The van der Waals surface area contributed by atoms with Gasteiger partial charge in [-0.1, -0.05) is 17.7 Å². The third-order valence-electron chi connectivity index (χ3n) is 2.87. The molecule has 0 fully saturated rings. The molecule has 5 nitrogen and oxygen atoms in total. The monoisotopic (exact) mass is 300 g/mol. The summed E-state index contributed by atoms with van der Waals surface area (Å²) in [5.74, 6) is -0.711. The van der Waals surface area contributed by atoms with Crippen molar-refractivity contribution in [2.75, 3.05) is 0 Å². The van der Waals surface area contributed by atoms with E-state index in [4.69, 9.17) is 16.3 Å². The first-order valence-corrected chi connectivity index (χ1v) is 6.44. The summed E-state index contributed by atoms with van der Waals surface area (Å²) in [6.07, 6.45) is 1.67. The van der Waals surface area contributed by atoms with Gasteiger partial charge in [0.2, 0.25) is 5.88 Å². The predicted molar refractivity (Wildman–Crippen MR) is 78.0 cm³/mol. The van der Waals surface area contributed by atoms with Crippen LogP contribution in [0.1, 0.15) is 10.4 Å². The highest BCUT2D eigenvalue weighted by Crippen LogP contribution is 2.30. The lowest BCUT2D eigenvalue weighted by Gasteiger charge is -2.10. The average molecular weight is 301 g/mol. The van der Waals surface area contributed by atoms with Crippen molar-refractivity contribution in [3.8, 4) is 11.6 Å². The zero-order chi connectivity index (χ0) is 14.8. The van der Waals surface area contributed by atoms with E-state index in [0.717, 1.165) is 10.9 Å². The Morgan fingerprint density at radius 3 is 2.81 bits per heavy atom. The van der Waals surface area contributed by atoms with Gasteiger partial charge in [0.1, 0.15) is 16.5 Å². The van der Waals surface area contributed by atoms with Crippen LogP contribution in [-0.4, -0.2) is 21.0 Å². The van der Waals surface area contributed by atoms with Gasteiger partial charge in [0.15, 0.2) is 0 Å². The molecule has 6 heteroatoms. The molecule has 0 bridgehead atoms. The van der Waals surface area contributed by atoms with Crippen LogP contribution in [0, 0.1) is 0 Å². The second-order valence-corrected chi connectivity index (χ2v) is 4.61. The van der Waals surface area contributed by atoms with Crippen molar-refractivity contribution >= 4 is 28.5 Å². The lowest BCUT2D eigenvalue weighted by molar-refractivity contribution is 0.0693. The topological polar surface area (TPSA) is 72.3 Å². The van der Waals surface area contributed by atoms with Gasteiger partial charge in [-0.05, 0) is 36.4 Å². The van der Waals surface area contributed by atoms with Gasteiger partial charge in [-0.15, -0.1) is 0 Å². The number of halogens is 1. The molecule has 2 heterocycles. The molecule has 0 aliphatic heterocycles. The highest BCUT2D eigenvalue weighted by molar-refractivity contribution is 6.29. The van der Waals surface area contributed by atoms with Crippen molar-refractivity contribution in [2.45, 2.75) is 0 Å². The number of benzene rings is 1. The largest absolute Gasteiger partial charge is 0.477 e. The van der Waals surface area contributed by atoms with E-state index in [2.05, 4.69) is 9.97 Å². The highest BCUT2D eigenvalue weighted by Gasteiger charge is 2.15. The normalized spacial score (nSPS) is 10.5. The Bertz CT molecular complexity index is 831. The maximum absolute atomic E-state index is 11.2. The second-order valence-electron chi connectivity index (χ2n) is 4.22. The lowest BCUT2D eigenvalue weighted by atomic mass is 10.2. The first-order chi connectivity index (χ1) is 10.1. The van der Waals surface area contributed by atoms with Crippen LogP contribution in [0.2, 0.25) is 5.15 Å². The van der Waals surface area contributed by atoms with E-state index >= 15 is 0 Å². The average Bonchev–Trinajstić information content (AvgIpc) is 2.47. The van der Waals surface area contributed by atoms with Crippen LogP contribution in [0.25, 0.3) is 10.9 Å². The summed E-state index contributed by atoms with van der Waals surface area (Å²) in [5, 5.41) is 10.1. The third-order valence-corrected chi connectivity index (χ3v) is 3.08. The summed E-state index contributed by atoms with van der Waals surface area (Å²) in [7, 11) is 0. The number of nitrogens with zero attached hydrogens (tertiary/aromatic N) is 2. The fourth-order valence-electron chi connectivity index (χ4n) is 1.93. The van der Waals surface area contributed by atoms with Gasteiger partial charge < -0.3 is 9.84 Å². The van der Waals surface area contributed by atoms with Crippen LogP contribution in [0.15, 0.2) is 48.7 Å². The lowest BCUT2D eigenvalue weighted by Crippen LogP contribution is -2.02. The molecule has 0 saturated heterocycles. The molecular weight excluding hydrogens is 292 g/mol. The number of aromatic nitrogens is 2. The molecule has 3 aromatic rings. The maximum atomic E-state index is 11.2. The summed E-state index contributed by atoms with van der Waals surface area (Å²) in [6, 6.07) is 11.7. The van der Waals surface area contributed by atoms with E-state index in [-0.39, 0.29) is 16.6 Å². The quantitative estimate of drug-likeness (QED) is 0.745. The van der Waals surface area contributed by atoms with Crippen molar-refractivity contribution in [2.24, 2.45) is 0 Å². The first kappa shape index (κ1) is 13.3. The van der Waals surface area contributed by atoms with Crippen LogP contribution >= 0.6 is 11.6 Å². The number of pyridine rings is 2. The van der Waals surface area contributed by atoms with Crippen molar-refractivity contribution in [1.82, 2.24) is 9.97 Å². The summed E-state index contributed by atoms with van der Waals surface area (Å²) >= 11 is 5.81. The summed E-state index contributed by atoms with van der Waals surface area (Å²) < 4.78 is 5.65. The molecule has 0 saturated carbocycles. The molecule has 3 rings (SSSR count). The predicted octanol–water partition coefficient (Wildman–Crippen LogP) is 3.77. The van der Waals surface area contributed by atoms with Crippen molar-refractivity contribution in [3.63, 3.8) is 0 Å². The molecule has 1 N–H and O–H groups in total. The molecular formula is C15H9ClN2O3. The maximum Gasteiger partial charge on any atom is 0.341 e. The number of fused-ring (bicyclic) bond motifs is 1. The fourth-order valence-corrected chi connectivity index (χ4v) is 2.07. The van der Waals surface area contributed by atoms with Gasteiger partial charge in [-0.2, -0.15) is 0 Å². The zero-order valence-corrected chi connectivity index (χ0v) is 11.4. The third kappa shape index (κ3) is 2.64. The summed E-state index contributed by atoms with van der Waals surface area (Å²) in [5.41, 5.74) is 0.689. The molecule has 104 valence electrons. The Balaban J connectivity index is 2.11. The number of carboxylic acid groups (broad SMARTS) is 1. The van der Waals surface area contributed by atoms with Gasteiger partial charge in [-0.25, -0.2) is 9.78 Å². The zero-order valence-electron chi connectivity index (χ0n) is 10.7. The molecule has 2 aromatic heterocycles. The second kappa shape index (κ2) is 5.38. The molecule has 0 aliphatic rings. The van der Waals surface area contributed by atoms with Gasteiger partial charge in [0.05, 0.1) is 5.52 Å². The van der Waals surface area contributed by atoms with E-state index in [1.165, 1.54) is 12.1 Å². The fraction of sp³-hybridized carbons (Fsp3) is 0. The van der Waals surface area contributed by atoms with Crippen LogP contribution in [0.5, 0.6) is 11.6 Å². The van der Waals surface area contributed by atoms with Gasteiger partial charge in [-0.3, -0.25) is 4.98 Å². The van der Waals surface area contributed by atoms with Crippen LogP contribution < -0.4 is 4.74 Å². The number of carbonyl (C=O) groups is 1. The van der Waals surface area contributed by atoms with Crippen LogP contribution in [0.4, 0.5) is 0 Å². The molecule has 0 unspecified atom stereocenters. The van der Waals surface area contributed by atoms with Crippen LogP contribution in [-0.2, 0) is 0 Å². The number of rotatable bonds is 3. The number of carboxylic acids is 1. The minimum Gasteiger partial charge on any atom is -0.477 e. The molecule has 1 aromatic carbocycles. The minimum atomic E-state index is -1.13. The Kier molecular flexibility index (Phi) is 3.41. The Morgan fingerprint density at radius 1 is 1.14 bits per heavy atom. The number of hydrogen-bond donors (Lipinski definition) is 1. The van der Waals surface area contributed by atoms with E-state index in [1.54, 1.807) is 24.4 Å². The minimum absolute atomic E-state index is 0.0497. The Morgan fingerprint density at radius 2 is 2.00 bits per heavy atom. The molecule has 0 spiro atoms. The molecule has 0 aliphatic carbocycles. The van der Waals surface area contributed by atoms with E-state index in [1.807, 2.05) is 12.1 Å². The number of ether oxygens (including phenoxy) is 1.